The van der Waals surface area contributed by atoms with Gasteiger partial charge in [0.1, 0.15) is 5.75 Å². The number of nitrogens with zero attached hydrogens (tertiary/aromatic N) is 6. The number of hydrogen-bond acceptors (Lipinski definition) is 6. The van der Waals surface area contributed by atoms with E-state index < -0.39 is 0 Å². The van der Waals surface area contributed by atoms with Gasteiger partial charge in [-0.25, -0.2) is 9.69 Å². The molecule has 0 bridgehead atoms. The summed E-state index contributed by atoms with van der Waals surface area (Å²) in [5.74, 6) is 0.557. The van der Waals surface area contributed by atoms with Gasteiger partial charge < -0.3 is 4.74 Å². The first-order chi connectivity index (χ1) is 13.7. The zero-order valence-corrected chi connectivity index (χ0v) is 15.9. The number of methoxy groups -OCH3 is 1. The minimum absolute atomic E-state index is 0.111. The summed E-state index contributed by atoms with van der Waals surface area (Å²) >= 11 is 0. The Hall–Kier alpha value is -3.26. The van der Waals surface area contributed by atoms with E-state index in [0.29, 0.717) is 23.7 Å². The van der Waals surface area contributed by atoms with Crippen LogP contribution in [-0.2, 0) is 0 Å². The molecule has 3 aromatic heterocycles. The van der Waals surface area contributed by atoms with Crippen molar-refractivity contribution in [1.82, 2.24) is 29.8 Å². The molecule has 0 unspecified atom stereocenters. The van der Waals surface area contributed by atoms with Crippen molar-refractivity contribution in [3.8, 4) is 22.8 Å². The molecule has 0 aromatic carbocycles. The van der Waals surface area contributed by atoms with Gasteiger partial charge in [0.2, 0.25) is 0 Å². The first-order valence-corrected chi connectivity index (χ1v) is 9.21. The Morgan fingerprint density at radius 2 is 2.00 bits per heavy atom. The average molecular weight is 378 g/mol. The second-order valence-corrected chi connectivity index (χ2v) is 6.64. The fourth-order valence-electron chi connectivity index (χ4n) is 3.28. The lowest BCUT2D eigenvalue weighted by Crippen LogP contribution is -2.48. The zero-order chi connectivity index (χ0) is 19.5. The summed E-state index contributed by atoms with van der Waals surface area (Å²) in [5.41, 5.74) is 2.56. The Bertz CT molecular complexity index is 955. The number of pyridine rings is 2. The van der Waals surface area contributed by atoms with E-state index >= 15 is 0 Å². The van der Waals surface area contributed by atoms with Crippen molar-refractivity contribution in [3.63, 3.8) is 0 Å². The summed E-state index contributed by atoms with van der Waals surface area (Å²) in [7, 11) is 3.53. The van der Waals surface area contributed by atoms with Crippen molar-refractivity contribution < 1.29 is 9.53 Å². The predicted octanol–water partition coefficient (Wildman–Crippen LogP) is 2.42. The summed E-state index contributed by atoms with van der Waals surface area (Å²) in [4.78, 5) is 21.7. The summed E-state index contributed by atoms with van der Waals surface area (Å²) in [6, 6.07) is 9.20. The first kappa shape index (κ1) is 18.1. The minimum atomic E-state index is -0.111. The molecule has 1 aliphatic heterocycles. The van der Waals surface area contributed by atoms with E-state index in [2.05, 4.69) is 15.1 Å². The number of ether oxygens (including phenoxy) is 1. The van der Waals surface area contributed by atoms with Crippen molar-refractivity contribution in [2.45, 2.75) is 12.8 Å². The summed E-state index contributed by atoms with van der Waals surface area (Å²) in [6.07, 6.45) is 7.14. The molecular formula is C20H22N6O2. The van der Waals surface area contributed by atoms with Crippen LogP contribution >= 0.6 is 0 Å². The monoisotopic (exact) mass is 378 g/mol. The number of rotatable bonds is 4. The third-order valence-electron chi connectivity index (χ3n) is 4.80. The molecule has 4 heterocycles. The molecule has 4 rings (SSSR count). The number of hydrazine groups is 1. The van der Waals surface area contributed by atoms with Crippen molar-refractivity contribution in [2.24, 2.45) is 0 Å². The predicted molar refractivity (Wildman–Crippen MR) is 104 cm³/mol. The Labute approximate surface area is 163 Å². The molecule has 1 aliphatic rings. The van der Waals surface area contributed by atoms with Crippen LogP contribution in [0.15, 0.2) is 48.9 Å². The fourth-order valence-corrected chi connectivity index (χ4v) is 3.28. The highest BCUT2D eigenvalue weighted by Crippen LogP contribution is 2.25. The molecule has 0 spiro atoms. The number of amides is 1. The van der Waals surface area contributed by atoms with E-state index in [-0.39, 0.29) is 5.91 Å². The van der Waals surface area contributed by atoms with Crippen LogP contribution in [0.25, 0.3) is 17.1 Å². The lowest BCUT2D eigenvalue weighted by atomic mass is 10.2. The van der Waals surface area contributed by atoms with Gasteiger partial charge in [-0.2, -0.15) is 5.10 Å². The highest BCUT2D eigenvalue weighted by molar-refractivity contribution is 5.93. The highest BCUT2D eigenvalue weighted by atomic mass is 16.5. The Balaban J connectivity index is 1.76. The lowest BCUT2D eigenvalue weighted by Gasteiger charge is -2.35. The molecule has 144 valence electrons. The quantitative estimate of drug-likeness (QED) is 0.694. The van der Waals surface area contributed by atoms with Crippen molar-refractivity contribution in [3.05, 3.63) is 54.6 Å². The number of carbonyl (C=O) groups excluding carboxylic acids is 1. The molecule has 3 aromatic rings. The molecular weight excluding hydrogens is 356 g/mol. The molecule has 1 fully saturated rings. The second-order valence-electron chi connectivity index (χ2n) is 6.64. The maximum atomic E-state index is 13.1. The van der Waals surface area contributed by atoms with E-state index in [1.54, 1.807) is 41.5 Å². The minimum Gasteiger partial charge on any atom is -0.495 e. The molecule has 28 heavy (non-hydrogen) atoms. The van der Waals surface area contributed by atoms with Gasteiger partial charge in [-0.05, 0) is 43.2 Å². The smallest absolute Gasteiger partial charge is 0.288 e. The normalized spacial score (nSPS) is 14.9. The summed E-state index contributed by atoms with van der Waals surface area (Å²) in [6.45, 7) is 1.56. The topological polar surface area (TPSA) is 76.4 Å². The van der Waals surface area contributed by atoms with E-state index in [9.17, 15) is 4.79 Å². The number of carbonyl (C=O) groups is 1. The van der Waals surface area contributed by atoms with Crippen LogP contribution in [0.3, 0.4) is 0 Å². The van der Waals surface area contributed by atoms with Gasteiger partial charge in [0, 0.05) is 26.3 Å². The van der Waals surface area contributed by atoms with E-state index in [1.807, 2.05) is 36.3 Å². The van der Waals surface area contributed by atoms with Crippen LogP contribution in [0.2, 0.25) is 0 Å². The van der Waals surface area contributed by atoms with Crippen molar-refractivity contribution >= 4 is 5.91 Å². The lowest BCUT2D eigenvalue weighted by molar-refractivity contribution is -0.0118. The standard InChI is InChI=1S/C20H22N6O2/c1-24-10-3-4-11-25(24)20(27)18-12-19(17-8-7-16(28-2)14-22-17)26(23-18)15-6-5-9-21-13-15/h5-9,12-14H,3-4,10-11H2,1-2H3. The van der Waals surface area contributed by atoms with Crippen LogP contribution in [0.1, 0.15) is 23.3 Å². The largest absolute Gasteiger partial charge is 0.495 e. The maximum absolute atomic E-state index is 13.1. The van der Waals surface area contributed by atoms with Crippen molar-refractivity contribution in [2.75, 3.05) is 27.2 Å². The first-order valence-electron chi connectivity index (χ1n) is 9.21. The molecule has 0 atom stereocenters. The van der Waals surface area contributed by atoms with E-state index in [4.69, 9.17) is 4.74 Å². The maximum Gasteiger partial charge on any atom is 0.288 e. The SMILES string of the molecule is COc1ccc(-c2cc(C(=O)N3CCCCN3C)nn2-c2cccnc2)nc1. The third kappa shape index (κ3) is 3.46. The highest BCUT2D eigenvalue weighted by Gasteiger charge is 2.26. The molecule has 1 amide bonds. The molecule has 8 heteroatoms. The second kappa shape index (κ2) is 7.77. The third-order valence-corrected chi connectivity index (χ3v) is 4.80. The summed E-state index contributed by atoms with van der Waals surface area (Å²) < 4.78 is 6.90. The van der Waals surface area contributed by atoms with E-state index in [1.165, 1.54) is 0 Å². The molecule has 1 saturated heterocycles. The zero-order valence-electron chi connectivity index (χ0n) is 15.9. The molecule has 0 N–H and O–H groups in total. The van der Waals surface area contributed by atoms with Crippen molar-refractivity contribution in [1.29, 1.82) is 0 Å². The molecule has 0 aliphatic carbocycles. The van der Waals surface area contributed by atoms with Gasteiger partial charge >= 0.3 is 0 Å². The fraction of sp³-hybridized carbons (Fsp3) is 0.300. The van der Waals surface area contributed by atoms with Crippen LogP contribution in [0.5, 0.6) is 5.75 Å². The van der Waals surface area contributed by atoms with Gasteiger partial charge in [0.25, 0.3) is 5.91 Å². The number of aromatic nitrogens is 4. The molecule has 8 nitrogen and oxygen atoms in total. The van der Waals surface area contributed by atoms with Gasteiger partial charge in [-0.1, -0.05) is 0 Å². The van der Waals surface area contributed by atoms with Crippen LogP contribution in [-0.4, -0.2) is 62.9 Å². The Morgan fingerprint density at radius 1 is 1.14 bits per heavy atom. The van der Waals surface area contributed by atoms with E-state index in [0.717, 1.165) is 30.8 Å². The molecule has 0 radical (unpaired) electrons. The van der Waals surface area contributed by atoms with Crippen LogP contribution < -0.4 is 4.74 Å². The van der Waals surface area contributed by atoms with Crippen LogP contribution in [0.4, 0.5) is 0 Å². The Morgan fingerprint density at radius 3 is 2.68 bits per heavy atom. The average Bonchev–Trinajstić information content (AvgIpc) is 3.20. The molecule has 0 saturated carbocycles. The van der Waals surface area contributed by atoms with Gasteiger partial charge in [0.15, 0.2) is 5.69 Å². The van der Waals surface area contributed by atoms with Gasteiger partial charge in [0.05, 0.1) is 36.6 Å². The number of hydrogen-bond donors (Lipinski definition) is 0. The Kier molecular flexibility index (Phi) is 5.03. The summed E-state index contributed by atoms with van der Waals surface area (Å²) in [5, 5.41) is 8.31. The van der Waals surface area contributed by atoms with Gasteiger partial charge in [-0.15, -0.1) is 0 Å². The van der Waals surface area contributed by atoms with Gasteiger partial charge in [-0.3, -0.25) is 19.8 Å². The van der Waals surface area contributed by atoms with Crippen LogP contribution in [0, 0.1) is 0 Å².